The molecule has 1 heterocycles. The first-order chi connectivity index (χ1) is 8.79. The van der Waals surface area contributed by atoms with Crippen molar-refractivity contribution in [2.45, 2.75) is 31.7 Å². The van der Waals surface area contributed by atoms with Crippen LogP contribution in [0.3, 0.4) is 0 Å². The van der Waals surface area contributed by atoms with E-state index in [-0.39, 0.29) is 10.5 Å². The predicted molar refractivity (Wildman–Crippen MR) is 73.0 cm³/mol. The van der Waals surface area contributed by atoms with Gasteiger partial charge >= 0.3 is 5.76 Å². The maximum Gasteiger partial charge on any atom is 0.419 e. The Labute approximate surface area is 115 Å². The smallest absolute Gasteiger partial charge is 0.408 e. The molecule has 0 radical (unpaired) electrons. The van der Waals surface area contributed by atoms with E-state index in [4.69, 9.17) is 15.1 Å². The Hall–Kier alpha value is -1.27. The summed E-state index contributed by atoms with van der Waals surface area (Å²) in [5.41, 5.74) is 0.810. The molecule has 0 amide bonds. The standard InChI is InChI=1S/C12H14ClNO4S/c1-8(2)5-6-14-10-4-3-9(19(13,16)17)7-11(10)18-12(14)15/h3-4,7-8H,5-6H2,1-2H3. The normalized spacial score (nSPS) is 12.4. The van der Waals surface area contributed by atoms with Crippen molar-refractivity contribution in [3.05, 3.63) is 28.7 Å². The van der Waals surface area contributed by atoms with Gasteiger partial charge in [0.2, 0.25) is 0 Å². The highest BCUT2D eigenvalue weighted by Crippen LogP contribution is 2.21. The topological polar surface area (TPSA) is 69.3 Å². The van der Waals surface area contributed by atoms with Crippen molar-refractivity contribution in [3.63, 3.8) is 0 Å². The van der Waals surface area contributed by atoms with Crippen molar-refractivity contribution in [1.29, 1.82) is 0 Å². The van der Waals surface area contributed by atoms with Crippen LogP contribution >= 0.6 is 10.7 Å². The van der Waals surface area contributed by atoms with Crippen LogP contribution in [0, 0.1) is 5.92 Å². The van der Waals surface area contributed by atoms with Gasteiger partial charge in [-0.3, -0.25) is 4.57 Å². The van der Waals surface area contributed by atoms with Crippen LogP contribution in [0.2, 0.25) is 0 Å². The van der Waals surface area contributed by atoms with Crippen molar-refractivity contribution < 1.29 is 12.8 Å². The summed E-state index contributed by atoms with van der Waals surface area (Å²) >= 11 is 0. The van der Waals surface area contributed by atoms with Gasteiger partial charge in [-0.1, -0.05) is 13.8 Å². The van der Waals surface area contributed by atoms with Gasteiger partial charge in [-0.15, -0.1) is 0 Å². The SMILES string of the molecule is CC(C)CCn1c(=O)oc2cc(S(=O)(=O)Cl)ccc21. The van der Waals surface area contributed by atoms with Crippen molar-refractivity contribution >= 4 is 30.8 Å². The molecule has 0 unspecified atom stereocenters. The molecule has 0 aliphatic carbocycles. The van der Waals surface area contributed by atoms with Gasteiger partial charge in [-0.2, -0.15) is 0 Å². The lowest BCUT2D eigenvalue weighted by Crippen LogP contribution is -2.15. The average molecular weight is 304 g/mol. The summed E-state index contributed by atoms with van der Waals surface area (Å²) < 4.78 is 29.0. The molecule has 104 valence electrons. The lowest BCUT2D eigenvalue weighted by molar-refractivity contribution is 0.464. The third-order valence-corrected chi connectivity index (χ3v) is 4.20. The Balaban J connectivity index is 2.51. The van der Waals surface area contributed by atoms with Gasteiger partial charge < -0.3 is 4.42 Å². The maximum absolute atomic E-state index is 11.7. The van der Waals surface area contributed by atoms with Crippen LogP contribution in [0.25, 0.3) is 11.1 Å². The average Bonchev–Trinajstić information content (AvgIpc) is 2.59. The van der Waals surface area contributed by atoms with E-state index in [1.54, 1.807) is 0 Å². The van der Waals surface area contributed by atoms with Crippen molar-refractivity contribution in [3.8, 4) is 0 Å². The third-order valence-electron chi connectivity index (χ3n) is 2.85. The minimum atomic E-state index is -3.82. The van der Waals surface area contributed by atoms with Gasteiger partial charge in [0.15, 0.2) is 5.58 Å². The largest absolute Gasteiger partial charge is 0.419 e. The number of aryl methyl sites for hydroxylation is 1. The lowest BCUT2D eigenvalue weighted by Gasteiger charge is -2.05. The summed E-state index contributed by atoms with van der Waals surface area (Å²) in [5.74, 6) is -0.0286. The van der Waals surface area contributed by atoms with E-state index in [2.05, 4.69) is 13.8 Å². The zero-order valence-electron chi connectivity index (χ0n) is 10.6. The fourth-order valence-corrected chi connectivity index (χ4v) is 2.56. The molecule has 19 heavy (non-hydrogen) atoms. The Morgan fingerprint density at radius 1 is 1.37 bits per heavy atom. The molecule has 0 saturated heterocycles. The van der Waals surface area contributed by atoms with Crippen LogP contribution in [-0.2, 0) is 15.6 Å². The third kappa shape index (κ3) is 3.01. The zero-order chi connectivity index (χ0) is 14.2. The van der Waals surface area contributed by atoms with E-state index >= 15 is 0 Å². The van der Waals surface area contributed by atoms with Crippen LogP contribution in [0.4, 0.5) is 0 Å². The minimum absolute atomic E-state index is 0.0774. The minimum Gasteiger partial charge on any atom is -0.408 e. The zero-order valence-corrected chi connectivity index (χ0v) is 12.2. The van der Waals surface area contributed by atoms with E-state index in [1.807, 2.05) is 0 Å². The second-order valence-corrected chi connectivity index (χ2v) is 7.34. The molecule has 7 heteroatoms. The number of aromatic nitrogens is 1. The van der Waals surface area contributed by atoms with Gasteiger partial charge in [0.05, 0.1) is 10.4 Å². The molecule has 0 aliphatic rings. The van der Waals surface area contributed by atoms with Crippen molar-refractivity contribution in [1.82, 2.24) is 4.57 Å². The van der Waals surface area contributed by atoms with Gasteiger partial charge in [-0.25, -0.2) is 13.2 Å². The van der Waals surface area contributed by atoms with E-state index in [0.717, 1.165) is 6.42 Å². The van der Waals surface area contributed by atoms with E-state index < -0.39 is 14.8 Å². The Kier molecular flexibility index (Phi) is 3.73. The van der Waals surface area contributed by atoms with E-state index in [1.165, 1.54) is 22.8 Å². The maximum atomic E-state index is 11.7. The number of fused-ring (bicyclic) bond motifs is 1. The molecule has 5 nitrogen and oxygen atoms in total. The fraction of sp³-hybridized carbons (Fsp3) is 0.417. The molecule has 0 spiro atoms. The summed E-state index contributed by atoms with van der Waals surface area (Å²) in [6.45, 7) is 4.66. The van der Waals surface area contributed by atoms with E-state index in [9.17, 15) is 13.2 Å². The monoisotopic (exact) mass is 303 g/mol. The molecule has 0 aliphatic heterocycles. The van der Waals surface area contributed by atoms with Crippen LogP contribution in [0.5, 0.6) is 0 Å². The number of hydrogen-bond acceptors (Lipinski definition) is 4. The van der Waals surface area contributed by atoms with Gasteiger partial charge in [0, 0.05) is 23.3 Å². The number of nitrogens with zero attached hydrogens (tertiary/aromatic N) is 1. The highest BCUT2D eigenvalue weighted by Gasteiger charge is 2.15. The molecule has 0 atom stereocenters. The van der Waals surface area contributed by atoms with Crippen molar-refractivity contribution in [2.75, 3.05) is 0 Å². The number of halogens is 1. The molecule has 0 bridgehead atoms. The highest BCUT2D eigenvalue weighted by molar-refractivity contribution is 8.13. The van der Waals surface area contributed by atoms with Crippen LogP contribution in [-0.4, -0.2) is 13.0 Å². The van der Waals surface area contributed by atoms with Crippen LogP contribution < -0.4 is 5.76 Å². The molecule has 0 saturated carbocycles. The van der Waals surface area contributed by atoms with Gasteiger partial charge in [0.1, 0.15) is 0 Å². The molecule has 1 aromatic heterocycles. The summed E-state index contributed by atoms with van der Waals surface area (Å²) in [6.07, 6.45) is 0.837. The molecule has 2 aromatic rings. The Morgan fingerprint density at radius 3 is 2.63 bits per heavy atom. The first-order valence-electron chi connectivity index (χ1n) is 5.87. The van der Waals surface area contributed by atoms with E-state index in [0.29, 0.717) is 18.0 Å². The van der Waals surface area contributed by atoms with Crippen LogP contribution in [0.15, 0.2) is 32.3 Å². The lowest BCUT2D eigenvalue weighted by atomic mass is 10.1. The number of oxazole rings is 1. The summed E-state index contributed by atoms with van der Waals surface area (Å²) in [7, 11) is 1.43. The number of hydrogen-bond donors (Lipinski definition) is 0. The molecule has 1 aromatic carbocycles. The Morgan fingerprint density at radius 2 is 2.05 bits per heavy atom. The number of rotatable bonds is 4. The molecular weight excluding hydrogens is 290 g/mol. The summed E-state index contributed by atoms with van der Waals surface area (Å²) in [5, 5.41) is 0. The second-order valence-electron chi connectivity index (χ2n) is 4.77. The number of benzene rings is 1. The van der Waals surface area contributed by atoms with Crippen molar-refractivity contribution in [2.24, 2.45) is 5.92 Å². The summed E-state index contributed by atoms with van der Waals surface area (Å²) in [6, 6.07) is 4.17. The summed E-state index contributed by atoms with van der Waals surface area (Å²) in [4.78, 5) is 11.6. The highest BCUT2D eigenvalue weighted by atomic mass is 35.7. The molecular formula is C12H14ClNO4S. The molecule has 0 N–H and O–H groups in total. The first kappa shape index (κ1) is 14.1. The van der Waals surface area contributed by atoms with Gasteiger partial charge in [0.25, 0.3) is 9.05 Å². The fourth-order valence-electron chi connectivity index (χ4n) is 1.80. The molecule has 0 fully saturated rings. The molecule has 2 rings (SSSR count). The quantitative estimate of drug-likeness (QED) is 0.814. The second kappa shape index (κ2) is 5.02. The van der Waals surface area contributed by atoms with Crippen LogP contribution in [0.1, 0.15) is 20.3 Å². The predicted octanol–water partition coefficient (Wildman–Crippen LogP) is 2.57. The first-order valence-corrected chi connectivity index (χ1v) is 8.18. The Bertz CT molecular complexity index is 758. The van der Waals surface area contributed by atoms with Gasteiger partial charge in [-0.05, 0) is 24.5 Å².